The summed E-state index contributed by atoms with van der Waals surface area (Å²) >= 11 is 0. The van der Waals surface area contributed by atoms with Gasteiger partial charge in [-0.15, -0.1) is 0 Å². The third kappa shape index (κ3) is 4.43. The third-order valence-corrected chi connectivity index (χ3v) is 4.27. The Morgan fingerprint density at radius 1 is 1.14 bits per heavy atom. The van der Waals surface area contributed by atoms with Crippen LogP contribution in [-0.4, -0.2) is 29.0 Å². The van der Waals surface area contributed by atoms with Crippen LogP contribution in [0, 0.1) is 12.8 Å². The average Bonchev–Trinajstić information content (AvgIpc) is 3.10. The number of nitrogens with one attached hydrogen (secondary N) is 1. The highest BCUT2D eigenvalue weighted by Crippen LogP contribution is 2.27. The van der Waals surface area contributed by atoms with E-state index in [0.29, 0.717) is 28.1 Å². The highest BCUT2D eigenvalue weighted by molar-refractivity contribution is 6.05. The fourth-order valence-electron chi connectivity index (χ4n) is 2.91. The van der Waals surface area contributed by atoms with Gasteiger partial charge in [-0.25, -0.2) is 14.6 Å². The molecule has 0 aliphatic rings. The lowest BCUT2D eigenvalue weighted by atomic mass is 10.0. The number of amides is 3. The zero-order chi connectivity index (χ0) is 21.1. The number of imide groups is 1. The van der Waals surface area contributed by atoms with Crippen LogP contribution >= 0.6 is 0 Å². The number of primary amides is 1. The van der Waals surface area contributed by atoms with Crippen molar-refractivity contribution in [3.8, 4) is 11.5 Å². The Kier molecular flexibility index (Phi) is 5.63. The summed E-state index contributed by atoms with van der Waals surface area (Å²) < 4.78 is 11.1. The smallest absolute Gasteiger partial charge is 0.339 e. The Labute approximate surface area is 167 Å². The lowest BCUT2D eigenvalue weighted by molar-refractivity contribution is -0.130. The zero-order valence-electron chi connectivity index (χ0n) is 16.3. The van der Waals surface area contributed by atoms with Gasteiger partial charge in [0.2, 0.25) is 0 Å². The number of nitrogens with two attached hydrogens (primary N) is 1. The van der Waals surface area contributed by atoms with Crippen molar-refractivity contribution in [1.29, 1.82) is 0 Å². The topological polar surface area (TPSA) is 125 Å². The Hall–Kier alpha value is -3.68. The predicted molar refractivity (Wildman–Crippen MR) is 106 cm³/mol. The van der Waals surface area contributed by atoms with Gasteiger partial charge >= 0.3 is 12.0 Å². The molecule has 1 unspecified atom stereocenters. The van der Waals surface area contributed by atoms with Crippen LogP contribution in [0.15, 0.2) is 46.9 Å². The number of carbonyl (C=O) groups is 3. The summed E-state index contributed by atoms with van der Waals surface area (Å²) in [5.41, 5.74) is 6.28. The Bertz CT molecular complexity index is 1090. The summed E-state index contributed by atoms with van der Waals surface area (Å²) in [5.74, 6) is -0.651. The van der Waals surface area contributed by atoms with Crippen molar-refractivity contribution in [2.45, 2.75) is 26.9 Å². The molecule has 8 nitrogen and oxygen atoms in total. The molecule has 0 bridgehead atoms. The molecule has 0 aliphatic heterocycles. The van der Waals surface area contributed by atoms with Crippen LogP contribution in [0.3, 0.4) is 0 Å². The van der Waals surface area contributed by atoms with Gasteiger partial charge in [-0.05, 0) is 37.1 Å². The van der Waals surface area contributed by atoms with E-state index in [1.807, 2.05) is 12.2 Å². The lowest BCUT2D eigenvalue weighted by Crippen LogP contribution is -2.45. The number of carbonyl (C=O) groups excluding carboxylic acids is 3. The summed E-state index contributed by atoms with van der Waals surface area (Å²) in [6.07, 6.45) is -1.18. The molecule has 3 aromatic rings. The highest BCUT2D eigenvalue weighted by Gasteiger charge is 2.29. The van der Waals surface area contributed by atoms with Gasteiger partial charge in [0.1, 0.15) is 11.5 Å². The molecule has 2 heterocycles. The second kappa shape index (κ2) is 8.14. The van der Waals surface area contributed by atoms with E-state index >= 15 is 0 Å². The molecule has 3 N–H and O–H groups in total. The van der Waals surface area contributed by atoms with Gasteiger partial charge in [-0.2, -0.15) is 0 Å². The normalized spacial score (nSPS) is 12.0. The molecule has 0 saturated heterocycles. The first-order valence-corrected chi connectivity index (χ1v) is 9.04. The van der Waals surface area contributed by atoms with Gasteiger partial charge in [0.25, 0.3) is 5.91 Å². The van der Waals surface area contributed by atoms with E-state index in [2.05, 4.69) is 4.98 Å². The van der Waals surface area contributed by atoms with Crippen molar-refractivity contribution < 1.29 is 23.5 Å². The molecule has 0 aliphatic carbocycles. The standard InChI is InChI=1S/C21H21N3O5/c1-11(2)18(19(25)24-21(22)27)29-20(26)14-10-16(17-9-8-12(3)28-17)23-15-7-5-4-6-13(14)15/h4-11,18H,1-3H3,(H3,22,24,25,27). The Morgan fingerprint density at radius 2 is 1.86 bits per heavy atom. The minimum absolute atomic E-state index is 0.233. The van der Waals surface area contributed by atoms with E-state index in [-0.39, 0.29) is 11.5 Å². The van der Waals surface area contributed by atoms with E-state index < -0.39 is 24.0 Å². The number of aromatic nitrogens is 1. The summed E-state index contributed by atoms with van der Waals surface area (Å²) in [5, 5.41) is 2.53. The van der Waals surface area contributed by atoms with Crippen LogP contribution in [0.25, 0.3) is 22.4 Å². The Morgan fingerprint density at radius 3 is 2.48 bits per heavy atom. The number of nitrogens with zero attached hydrogens (tertiary/aromatic N) is 1. The second-order valence-electron chi connectivity index (χ2n) is 6.91. The van der Waals surface area contributed by atoms with Gasteiger partial charge in [-0.1, -0.05) is 32.0 Å². The van der Waals surface area contributed by atoms with Crippen LogP contribution < -0.4 is 11.1 Å². The maximum Gasteiger partial charge on any atom is 0.339 e. The number of furan rings is 1. The lowest BCUT2D eigenvalue weighted by Gasteiger charge is -2.20. The number of urea groups is 1. The molecule has 2 aromatic heterocycles. The summed E-state index contributed by atoms with van der Waals surface area (Å²) in [4.78, 5) is 40.7. The molecule has 8 heteroatoms. The van der Waals surface area contributed by atoms with Crippen molar-refractivity contribution >= 4 is 28.8 Å². The first-order valence-electron chi connectivity index (χ1n) is 9.04. The van der Waals surface area contributed by atoms with E-state index in [1.165, 1.54) is 0 Å². The summed E-state index contributed by atoms with van der Waals surface area (Å²) in [6.45, 7) is 5.20. The predicted octanol–water partition coefficient (Wildman–Crippen LogP) is 3.18. The number of hydrogen-bond acceptors (Lipinski definition) is 6. The van der Waals surface area contributed by atoms with Crippen LogP contribution in [0.2, 0.25) is 0 Å². The van der Waals surface area contributed by atoms with Crippen molar-refractivity contribution in [3.63, 3.8) is 0 Å². The molecule has 0 fully saturated rings. The van der Waals surface area contributed by atoms with E-state index in [4.69, 9.17) is 14.9 Å². The molecule has 1 atom stereocenters. The number of aryl methyl sites for hydroxylation is 1. The molecule has 3 rings (SSSR count). The first-order chi connectivity index (χ1) is 13.8. The van der Waals surface area contributed by atoms with E-state index in [0.717, 1.165) is 0 Å². The maximum absolute atomic E-state index is 13.0. The molecule has 0 spiro atoms. The van der Waals surface area contributed by atoms with Gasteiger partial charge in [0.15, 0.2) is 11.9 Å². The number of para-hydroxylation sites is 1. The second-order valence-corrected chi connectivity index (χ2v) is 6.91. The van der Waals surface area contributed by atoms with Crippen LogP contribution in [-0.2, 0) is 9.53 Å². The molecule has 29 heavy (non-hydrogen) atoms. The zero-order valence-corrected chi connectivity index (χ0v) is 16.3. The fraction of sp³-hybridized carbons (Fsp3) is 0.238. The van der Waals surface area contributed by atoms with Gasteiger partial charge in [0, 0.05) is 5.39 Å². The highest BCUT2D eigenvalue weighted by atomic mass is 16.5. The number of esters is 1. The molecule has 0 saturated carbocycles. The van der Waals surface area contributed by atoms with Gasteiger partial charge < -0.3 is 14.9 Å². The molecule has 150 valence electrons. The van der Waals surface area contributed by atoms with Crippen molar-refractivity contribution in [3.05, 3.63) is 53.8 Å². The summed E-state index contributed by atoms with van der Waals surface area (Å²) in [7, 11) is 0. The SMILES string of the molecule is Cc1ccc(-c2cc(C(=O)OC(C(=O)NC(N)=O)C(C)C)c3ccccc3n2)o1. The van der Waals surface area contributed by atoms with Crippen LogP contribution in [0.1, 0.15) is 30.0 Å². The van der Waals surface area contributed by atoms with Crippen LogP contribution in [0.4, 0.5) is 4.79 Å². The molecule has 3 amide bonds. The largest absolute Gasteiger partial charge is 0.460 e. The maximum atomic E-state index is 13.0. The summed E-state index contributed by atoms with van der Waals surface area (Å²) in [6, 6.07) is 11.2. The third-order valence-electron chi connectivity index (χ3n) is 4.27. The monoisotopic (exact) mass is 395 g/mol. The molecule has 1 aromatic carbocycles. The molecule has 0 radical (unpaired) electrons. The molecular formula is C21H21N3O5. The van der Waals surface area contributed by atoms with Gasteiger partial charge in [0.05, 0.1) is 11.1 Å². The van der Waals surface area contributed by atoms with E-state index in [9.17, 15) is 14.4 Å². The quantitative estimate of drug-likeness (QED) is 0.639. The fourth-order valence-corrected chi connectivity index (χ4v) is 2.91. The number of ether oxygens (including phenoxy) is 1. The van der Waals surface area contributed by atoms with Crippen LogP contribution in [0.5, 0.6) is 0 Å². The number of rotatable bonds is 5. The average molecular weight is 395 g/mol. The van der Waals surface area contributed by atoms with Gasteiger partial charge in [-0.3, -0.25) is 10.1 Å². The minimum Gasteiger partial charge on any atom is -0.460 e. The van der Waals surface area contributed by atoms with Crippen molar-refractivity contribution in [1.82, 2.24) is 10.3 Å². The number of pyridine rings is 1. The number of hydrogen-bond donors (Lipinski definition) is 2. The number of fused-ring (bicyclic) bond motifs is 1. The van der Waals surface area contributed by atoms with Crippen molar-refractivity contribution in [2.24, 2.45) is 11.7 Å². The Balaban J connectivity index is 2.01. The van der Waals surface area contributed by atoms with Crippen molar-refractivity contribution in [2.75, 3.05) is 0 Å². The number of benzene rings is 1. The minimum atomic E-state index is -1.18. The van der Waals surface area contributed by atoms with E-state index in [1.54, 1.807) is 56.3 Å². The molecular weight excluding hydrogens is 374 g/mol. The first kappa shape index (κ1) is 20.1.